The first kappa shape index (κ1) is 13.5. The lowest BCUT2D eigenvalue weighted by atomic mass is 10.2. The van der Waals surface area contributed by atoms with E-state index in [1.165, 1.54) is 13.2 Å². The number of nitrogens with zero attached hydrogens (tertiary/aromatic N) is 4. The average Bonchev–Trinajstić information content (AvgIpc) is 2.38. The van der Waals surface area contributed by atoms with Gasteiger partial charge in [0.15, 0.2) is 17.4 Å². The quantitative estimate of drug-likeness (QED) is 0.865. The summed E-state index contributed by atoms with van der Waals surface area (Å²) in [6.07, 6.45) is 0. The van der Waals surface area contributed by atoms with Crippen molar-refractivity contribution in [1.29, 1.82) is 0 Å². The normalized spacial score (nSPS) is 10.4. The third kappa shape index (κ3) is 2.73. The molecule has 0 amide bonds. The fourth-order valence-electron chi connectivity index (χ4n) is 1.50. The van der Waals surface area contributed by atoms with Crippen LogP contribution in [0.1, 0.15) is 0 Å². The maximum atomic E-state index is 14.1. The van der Waals surface area contributed by atoms with Crippen LogP contribution in [0, 0.1) is 5.82 Å². The maximum absolute atomic E-state index is 14.1. The van der Waals surface area contributed by atoms with E-state index in [-0.39, 0.29) is 22.4 Å². The Morgan fingerprint density at radius 1 is 1.21 bits per heavy atom. The summed E-state index contributed by atoms with van der Waals surface area (Å²) in [5, 5.41) is 0.0101. The SMILES string of the molecule is COc1cccc(-c2nc(Cl)nc(N(C)C)n2)c1F. The van der Waals surface area contributed by atoms with Crippen molar-refractivity contribution in [3.8, 4) is 17.1 Å². The van der Waals surface area contributed by atoms with E-state index in [1.807, 2.05) is 0 Å². The Hall–Kier alpha value is -1.95. The summed E-state index contributed by atoms with van der Waals surface area (Å²) < 4.78 is 19.1. The van der Waals surface area contributed by atoms with Gasteiger partial charge in [-0.3, -0.25) is 0 Å². The molecule has 5 nitrogen and oxygen atoms in total. The van der Waals surface area contributed by atoms with E-state index in [2.05, 4.69) is 15.0 Å². The smallest absolute Gasteiger partial charge is 0.229 e. The van der Waals surface area contributed by atoms with E-state index in [9.17, 15) is 4.39 Å². The second-order valence-corrected chi connectivity index (χ2v) is 4.28. The lowest BCUT2D eigenvalue weighted by Crippen LogP contribution is -2.14. The molecule has 100 valence electrons. The van der Waals surface area contributed by atoms with Gasteiger partial charge < -0.3 is 9.64 Å². The summed E-state index contributed by atoms with van der Waals surface area (Å²) >= 11 is 5.83. The van der Waals surface area contributed by atoms with Crippen LogP contribution in [0.2, 0.25) is 5.28 Å². The Morgan fingerprint density at radius 3 is 2.58 bits per heavy atom. The number of rotatable bonds is 3. The van der Waals surface area contributed by atoms with Crippen molar-refractivity contribution in [2.45, 2.75) is 0 Å². The predicted molar refractivity (Wildman–Crippen MR) is 71.1 cm³/mol. The molecule has 0 atom stereocenters. The second-order valence-electron chi connectivity index (χ2n) is 3.94. The fraction of sp³-hybridized carbons (Fsp3) is 0.250. The van der Waals surface area contributed by atoms with Gasteiger partial charge in [-0.1, -0.05) is 6.07 Å². The van der Waals surface area contributed by atoms with E-state index in [1.54, 1.807) is 31.1 Å². The summed E-state index contributed by atoms with van der Waals surface area (Å²) in [5.74, 6) is 0.120. The van der Waals surface area contributed by atoms with Gasteiger partial charge in [0, 0.05) is 14.1 Å². The van der Waals surface area contributed by atoms with E-state index in [4.69, 9.17) is 16.3 Å². The van der Waals surface area contributed by atoms with Crippen molar-refractivity contribution in [2.75, 3.05) is 26.1 Å². The van der Waals surface area contributed by atoms with Gasteiger partial charge in [-0.05, 0) is 23.7 Å². The third-order valence-corrected chi connectivity index (χ3v) is 2.59. The third-order valence-electron chi connectivity index (χ3n) is 2.42. The number of hydrogen-bond donors (Lipinski definition) is 0. The summed E-state index contributed by atoms with van der Waals surface area (Å²) in [6, 6.07) is 4.74. The number of benzene rings is 1. The number of anilines is 1. The molecule has 7 heteroatoms. The van der Waals surface area contributed by atoms with Gasteiger partial charge in [0.2, 0.25) is 11.2 Å². The number of hydrogen-bond acceptors (Lipinski definition) is 5. The highest BCUT2D eigenvalue weighted by molar-refractivity contribution is 6.28. The molecule has 0 unspecified atom stereocenters. The van der Waals surface area contributed by atoms with Crippen molar-refractivity contribution in [2.24, 2.45) is 0 Å². The van der Waals surface area contributed by atoms with E-state index in [0.29, 0.717) is 5.95 Å². The zero-order valence-corrected chi connectivity index (χ0v) is 11.4. The van der Waals surface area contributed by atoms with Crippen LogP contribution in [-0.2, 0) is 0 Å². The van der Waals surface area contributed by atoms with Crippen LogP contribution in [0.4, 0.5) is 10.3 Å². The van der Waals surface area contributed by atoms with Crippen molar-refractivity contribution in [3.05, 3.63) is 29.3 Å². The van der Waals surface area contributed by atoms with Gasteiger partial charge in [-0.15, -0.1) is 0 Å². The molecule has 0 saturated heterocycles. The molecule has 0 N–H and O–H groups in total. The molecule has 0 bridgehead atoms. The molecule has 19 heavy (non-hydrogen) atoms. The topological polar surface area (TPSA) is 51.1 Å². The van der Waals surface area contributed by atoms with Crippen LogP contribution in [0.25, 0.3) is 11.4 Å². The predicted octanol–water partition coefficient (Wildman–Crippen LogP) is 2.41. The Bertz CT molecular complexity index is 606. The molecule has 0 spiro atoms. The van der Waals surface area contributed by atoms with Gasteiger partial charge in [-0.25, -0.2) is 4.39 Å². The van der Waals surface area contributed by atoms with E-state index in [0.717, 1.165) is 0 Å². The molecule has 1 heterocycles. The number of ether oxygens (including phenoxy) is 1. The maximum Gasteiger partial charge on any atom is 0.229 e. The van der Waals surface area contributed by atoms with Gasteiger partial charge in [0.05, 0.1) is 12.7 Å². The Balaban J connectivity index is 2.59. The Morgan fingerprint density at radius 2 is 1.95 bits per heavy atom. The summed E-state index contributed by atoms with van der Waals surface area (Å²) in [5.41, 5.74) is 0.215. The molecule has 1 aromatic carbocycles. The molecule has 0 aliphatic heterocycles. The highest BCUT2D eigenvalue weighted by Gasteiger charge is 2.15. The van der Waals surface area contributed by atoms with Crippen molar-refractivity contribution < 1.29 is 9.13 Å². The van der Waals surface area contributed by atoms with Crippen LogP contribution in [-0.4, -0.2) is 36.2 Å². The molecule has 0 aliphatic carbocycles. The van der Waals surface area contributed by atoms with Crippen molar-refractivity contribution in [3.63, 3.8) is 0 Å². The first-order chi connectivity index (χ1) is 9.02. The lowest BCUT2D eigenvalue weighted by molar-refractivity contribution is 0.387. The monoisotopic (exact) mass is 282 g/mol. The molecule has 2 rings (SSSR count). The van der Waals surface area contributed by atoms with Crippen LogP contribution in [0.5, 0.6) is 5.75 Å². The minimum Gasteiger partial charge on any atom is -0.494 e. The zero-order valence-electron chi connectivity index (χ0n) is 10.7. The zero-order chi connectivity index (χ0) is 14.0. The molecule has 2 aromatic rings. The highest BCUT2D eigenvalue weighted by atomic mass is 35.5. The highest BCUT2D eigenvalue weighted by Crippen LogP contribution is 2.27. The van der Waals surface area contributed by atoms with Gasteiger partial charge in [-0.2, -0.15) is 15.0 Å². The Labute approximate surface area is 115 Å². The first-order valence-electron chi connectivity index (χ1n) is 5.44. The molecule has 0 saturated carbocycles. The first-order valence-corrected chi connectivity index (χ1v) is 5.82. The van der Waals surface area contributed by atoms with Gasteiger partial charge in [0.25, 0.3) is 0 Å². The molecule has 0 aliphatic rings. The number of aromatic nitrogens is 3. The Kier molecular flexibility index (Phi) is 3.80. The molecule has 0 radical (unpaired) electrons. The molecule has 1 aromatic heterocycles. The van der Waals surface area contributed by atoms with Crippen molar-refractivity contribution >= 4 is 17.5 Å². The van der Waals surface area contributed by atoms with Crippen LogP contribution >= 0.6 is 11.6 Å². The van der Waals surface area contributed by atoms with E-state index >= 15 is 0 Å². The van der Waals surface area contributed by atoms with E-state index < -0.39 is 5.82 Å². The molecule has 0 fully saturated rings. The minimum atomic E-state index is -0.531. The average molecular weight is 283 g/mol. The fourth-order valence-corrected chi connectivity index (χ4v) is 1.66. The van der Waals surface area contributed by atoms with Gasteiger partial charge >= 0.3 is 0 Å². The number of halogens is 2. The van der Waals surface area contributed by atoms with Crippen LogP contribution < -0.4 is 9.64 Å². The molecular weight excluding hydrogens is 271 g/mol. The number of methoxy groups -OCH3 is 1. The lowest BCUT2D eigenvalue weighted by Gasteiger charge is -2.12. The second kappa shape index (κ2) is 5.36. The largest absolute Gasteiger partial charge is 0.494 e. The van der Waals surface area contributed by atoms with Crippen LogP contribution in [0.3, 0.4) is 0 Å². The molecular formula is C12H12ClFN4O. The minimum absolute atomic E-state index is 0.0101. The summed E-state index contributed by atoms with van der Waals surface area (Å²) in [4.78, 5) is 13.7. The van der Waals surface area contributed by atoms with Crippen LogP contribution in [0.15, 0.2) is 18.2 Å². The van der Waals surface area contributed by atoms with Gasteiger partial charge in [0.1, 0.15) is 0 Å². The summed E-state index contributed by atoms with van der Waals surface area (Å²) in [7, 11) is 4.92. The van der Waals surface area contributed by atoms with Crippen molar-refractivity contribution in [1.82, 2.24) is 15.0 Å². The summed E-state index contributed by atoms with van der Waals surface area (Å²) in [6.45, 7) is 0. The standard InChI is InChI=1S/C12H12ClFN4O/c1-18(2)12-16-10(15-11(13)17-12)7-5-4-6-8(19-3)9(7)14/h4-6H,1-3H3.